The fraction of sp³-hybridized carbons (Fsp3) is 0.167. The van der Waals surface area contributed by atoms with Crippen LogP contribution in [0.3, 0.4) is 0 Å². The molecule has 0 spiro atoms. The van der Waals surface area contributed by atoms with Gasteiger partial charge in [-0.3, -0.25) is 4.98 Å². The van der Waals surface area contributed by atoms with Gasteiger partial charge < -0.3 is 5.73 Å². The minimum atomic E-state index is -0.947. The van der Waals surface area contributed by atoms with Crippen LogP contribution in [0.1, 0.15) is 5.69 Å². The van der Waals surface area contributed by atoms with Crippen molar-refractivity contribution in [1.82, 2.24) is 4.98 Å². The molecule has 0 aliphatic rings. The summed E-state index contributed by atoms with van der Waals surface area (Å²) in [7, 11) is 0. The summed E-state index contributed by atoms with van der Waals surface area (Å²) in [6, 6.07) is 0.981. The Balaban J connectivity index is 3.04. The standard InChI is InChI=1S/C6H6F2N2/c7-5-1-4(2-9)10-3-6(5)8/h1,3H,2,9H2. The number of nitrogens with two attached hydrogens (primary N) is 1. The van der Waals surface area contributed by atoms with E-state index in [0.717, 1.165) is 12.3 Å². The molecule has 0 aliphatic heterocycles. The maximum Gasteiger partial charge on any atom is 0.177 e. The van der Waals surface area contributed by atoms with E-state index in [1.54, 1.807) is 0 Å². The Morgan fingerprint density at radius 2 is 2.10 bits per heavy atom. The lowest BCUT2D eigenvalue weighted by Gasteiger charge is -1.94. The normalized spacial score (nSPS) is 9.90. The smallest absolute Gasteiger partial charge is 0.177 e. The molecule has 54 valence electrons. The molecule has 0 radical (unpaired) electrons. The van der Waals surface area contributed by atoms with Gasteiger partial charge in [0.05, 0.1) is 11.9 Å². The Bertz CT molecular complexity index is 237. The second-order valence-electron chi connectivity index (χ2n) is 1.79. The average molecular weight is 144 g/mol. The van der Waals surface area contributed by atoms with Crippen molar-refractivity contribution in [2.24, 2.45) is 5.73 Å². The van der Waals surface area contributed by atoms with Crippen molar-refractivity contribution < 1.29 is 8.78 Å². The summed E-state index contributed by atoms with van der Waals surface area (Å²) in [4.78, 5) is 3.52. The topological polar surface area (TPSA) is 38.9 Å². The van der Waals surface area contributed by atoms with Gasteiger partial charge in [-0.1, -0.05) is 0 Å². The fourth-order valence-electron chi connectivity index (χ4n) is 0.565. The van der Waals surface area contributed by atoms with Crippen molar-refractivity contribution in [3.05, 3.63) is 29.6 Å². The van der Waals surface area contributed by atoms with E-state index in [0.29, 0.717) is 5.69 Å². The summed E-state index contributed by atoms with van der Waals surface area (Å²) in [5.41, 5.74) is 5.46. The molecular weight excluding hydrogens is 138 g/mol. The van der Waals surface area contributed by atoms with Crippen molar-refractivity contribution in [3.63, 3.8) is 0 Å². The zero-order chi connectivity index (χ0) is 7.56. The first-order valence-electron chi connectivity index (χ1n) is 2.74. The number of nitrogens with zero attached hydrogens (tertiary/aromatic N) is 1. The third-order valence-corrected chi connectivity index (χ3v) is 1.07. The molecule has 2 nitrogen and oxygen atoms in total. The largest absolute Gasteiger partial charge is 0.325 e. The second kappa shape index (κ2) is 2.70. The van der Waals surface area contributed by atoms with Crippen molar-refractivity contribution in [2.75, 3.05) is 0 Å². The van der Waals surface area contributed by atoms with Gasteiger partial charge in [-0.2, -0.15) is 0 Å². The van der Waals surface area contributed by atoms with Crippen LogP contribution in [0.5, 0.6) is 0 Å². The van der Waals surface area contributed by atoms with Gasteiger partial charge in [-0.15, -0.1) is 0 Å². The van der Waals surface area contributed by atoms with E-state index < -0.39 is 11.6 Å². The fourth-order valence-corrected chi connectivity index (χ4v) is 0.565. The second-order valence-corrected chi connectivity index (χ2v) is 1.79. The molecule has 0 aromatic carbocycles. The molecule has 0 amide bonds. The lowest BCUT2D eigenvalue weighted by molar-refractivity contribution is 0.501. The first kappa shape index (κ1) is 7.08. The van der Waals surface area contributed by atoms with E-state index in [1.165, 1.54) is 0 Å². The summed E-state index contributed by atoms with van der Waals surface area (Å²) in [5.74, 6) is -1.85. The van der Waals surface area contributed by atoms with Crippen LogP contribution >= 0.6 is 0 Å². The first-order chi connectivity index (χ1) is 4.74. The van der Waals surface area contributed by atoms with Crippen LogP contribution in [-0.2, 0) is 6.54 Å². The van der Waals surface area contributed by atoms with E-state index in [-0.39, 0.29) is 6.54 Å². The van der Waals surface area contributed by atoms with Crippen LogP contribution in [0.4, 0.5) is 8.78 Å². The molecule has 1 aromatic heterocycles. The van der Waals surface area contributed by atoms with Gasteiger partial charge in [0.25, 0.3) is 0 Å². The zero-order valence-electron chi connectivity index (χ0n) is 5.14. The summed E-state index contributed by atoms with van der Waals surface area (Å²) in [5, 5.41) is 0. The summed E-state index contributed by atoms with van der Waals surface area (Å²) < 4.78 is 24.5. The molecule has 1 rings (SSSR count). The van der Waals surface area contributed by atoms with E-state index in [9.17, 15) is 8.78 Å². The van der Waals surface area contributed by atoms with Crippen molar-refractivity contribution in [3.8, 4) is 0 Å². The molecule has 0 atom stereocenters. The Hall–Kier alpha value is -1.03. The van der Waals surface area contributed by atoms with Crippen LogP contribution in [0, 0.1) is 11.6 Å². The predicted molar refractivity (Wildman–Crippen MR) is 32.0 cm³/mol. The molecule has 0 saturated heterocycles. The Kier molecular flexibility index (Phi) is 1.91. The van der Waals surface area contributed by atoms with E-state index >= 15 is 0 Å². The molecule has 0 fully saturated rings. The number of pyridine rings is 1. The highest BCUT2D eigenvalue weighted by atomic mass is 19.2. The van der Waals surface area contributed by atoms with E-state index in [4.69, 9.17) is 5.73 Å². The van der Waals surface area contributed by atoms with Crippen LogP contribution in [0.2, 0.25) is 0 Å². The summed E-state index contributed by atoms with van der Waals surface area (Å²) in [6.07, 6.45) is 0.817. The molecule has 0 aliphatic carbocycles. The summed E-state index contributed by atoms with van der Waals surface area (Å²) >= 11 is 0. The van der Waals surface area contributed by atoms with Gasteiger partial charge in [-0.25, -0.2) is 8.78 Å². The molecule has 0 bridgehead atoms. The van der Waals surface area contributed by atoms with Gasteiger partial charge >= 0.3 is 0 Å². The Morgan fingerprint density at radius 3 is 2.60 bits per heavy atom. The molecule has 1 heterocycles. The highest BCUT2D eigenvalue weighted by molar-refractivity contribution is 5.07. The monoisotopic (exact) mass is 144 g/mol. The van der Waals surface area contributed by atoms with Crippen LogP contribution in [0.15, 0.2) is 12.3 Å². The van der Waals surface area contributed by atoms with Gasteiger partial charge in [0, 0.05) is 6.54 Å². The van der Waals surface area contributed by atoms with Gasteiger partial charge in [0.1, 0.15) is 0 Å². The van der Waals surface area contributed by atoms with Gasteiger partial charge in [0.15, 0.2) is 11.6 Å². The maximum atomic E-state index is 12.3. The quantitative estimate of drug-likeness (QED) is 0.633. The van der Waals surface area contributed by atoms with Crippen LogP contribution < -0.4 is 5.73 Å². The SMILES string of the molecule is NCc1cc(F)c(F)cn1. The van der Waals surface area contributed by atoms with Crippen molar-refractivity contribution >= 4 is 0 Å². The third kappa shape index (κ3) is 1.27. The van der Waals surface area contributed by atoms with E-state index in [2.05, 4.69) is 4.98 Å². The van der Waals surface area contributed by atoms with Crippen LogP contribution in [0.25, 0.3) is 0 Å². The van der Waals surface area contributed by atoms with Gasteiger partial charge in [0.2, 0.25) is 0 Å². The zero-order valence-corrected chi connectivity index (χ0v) is 5.14. The van der Waals surface area contributed by atoms with Crippen LogP contribution in [-0.4, -0.2) is 4.98 Å². The molecule has 4 heteroatoms. The Morgan fingerprint density at radius 1 is 1.40 bits per heavy atom. The third-order valence-electron chi connectivity index (χ3n) is 1.07. The number of halogens is 2. The molecule has 1 aromatic rings. The molecule has 10 heavy (non-hydrogen) atoms. The number of aromatic nitrogens is 1. The lowest BCUT2D eigenvalue weighted by atomic mass is 10.3. The van der Waals surface area contributed by atoms with Crippen molar-refractivity contribution in [1.29, 1.82) is 0 Å². The molecule has 2 N–H and O–H groups in total. The number of hydrogen-bond acceptors (Lipinski definition) is 2. The average Bonchev–Trinajstić information content (AvgIpc) is 1.95. The maximum absolute atomic E-state index is 12.3. The van der Waals surface area contributed by atoms with Crippen molar-refractivity contribution in [2.45, 2.75) is 6.54 Å². The predicted octanol–water partition coefficient (Wildman–Crippen LogP) is 0.819. The highest BCUT2D eigenvalue weighted by Gasteiger charge is 2.01. The molecule has 0 unspecified atom stereocenters. The number of hydrogen-bond donors (Lipinski definition) is 1. The summed E-state index contributed by atoms with van der Waals surface area (Å²) in [6.45, 7) is 0.122. The molecule has 0 saturated carbocycles. The number of rotatable bonds is 1. The Labute approximate surface area is 56.7 Å². The van der Waals surface area contributed by atoms with E-state index in [1.807, 2.05) is 0 Å². The minimum absolute atomic E-state index is 0.122. The minimum Gasteiger partial charge on any atom is -0.325 e. The van der Waals surface area contributed by atoms with Gasteiger partial charge in [-0.05, 0) is 6.07 Å². The first-order valence-corrected chi connectivity index (χ1v) is 2.74. The lowest BCUT2D eigenvalue weighted by Crippen LogP contribution is -2.00. The highest BCUT2D eigenvalue weighted by Crippen LogP contribution is 2.03. The molecular formula is C6H6F2N2.